The minimum atomic E-state index is -5.08. The molecule has 39 heavy (non-hydrogen) atoms. The zero-order valence-electron chi connectivity index (χ0n) is 22.5. The Balaban J connectivity index is 0.000000673. The van der Waals surface area contributed by atoms with Gasteiger partial charge >= 0.3 is 12.1 Å². The summed E-state index contributed by atoms with van der Waals surface area (Å²) < 4.78 is 31.7. The van der Waals surface area contributed by atoms with E-state index >= 15 is 0 Å². The molecule has 0 radical (unpaired) electrons. The van der Waals surface area contributed by atoms with Crippen molar-refractivity contribution in [3.63, 3.8) is 0 Å². The van der Waals surface area contributed by atoms with E-state index in [0.717, 1.165) is 38.4 Å². The molecular formula is C26H34F3N7O3. The molecule has 0 saturated carbocycles. The number of hydrazine groups is 1. The number of alkyl halides is 3. The highest BCUT2D eigenvalue weighted by Crippen LogP contribution is 2.20. The van der Waals surface area contributed by atoms with Crippen molar-refractivity contribution in [2.24, 2.45) is 5.41 Å². The van der Waals surface area contributed by atoms with Crippen molar-refractivity contribution >= 4 is 23.4 Å². The van der Waals surface area contributed by atoms with Crippen LogP contribution in [0.25, 0.3) is 0 Å². The van der Waals surface area contributed by atoms with E-state index in [4.69, 9.17) is 15.2 Å². The lowest BCUT2D eigenvalue weighted by Gasteiger charge is -2.36. The minimum Gasteiger partial charge on any atom is -0.475 e. The largest absolute Gasteiger partial charge is 0.490 e. The number of carbonyl (C=O) groups excluding carboxylic acids is 1. The molecule has 1 aromatic heterocycles. The first-order valence-electron chi connectivity index (χ1n) is 12.4. The van der Waals surface area contributed by atoms with Gasteiger partial charge in [-0.2, -0.15) is 23.4 Å². The molecule has 1 amide bonds. The summed E-state index contributed by atoms with van der Waals surface area (Å²) in [6.07, 6.45) is -2.42. The first-order chi connectivity index (χ1) is 18.2. The number of carbonyl (C=O) groups is 2. The van der Waals surface area contributed by atoms with Crippen LogP contribution >= 0.6 is 0 Å². The number of carboxylic acid groups (broad SMARTS) is 1. The van der Waals surface area contributed by atoms with E-state index in [2.05, 4.69) is 52.9 Å². The van der Waals surface area contributed by atoms with Gasteiger partial charge in [0.2, 0.25) is 5.82 Å². The molecule has 0 unspecified atom stereocenters. The lowest BCUT2D eigenvalue weighted by Crippen LogP contribution is -2.47. The molecule has 1 fully saturated rings. The van der Waals surface area contributed by atoms with Crippen LogP contribution in [0.15, 0.2) is 36.5 Å². The Labute approximate surface area is 226 Å². The van der Waals surface area contributed by atoms with Crippen LogP contribution in [-0.4, -0.2) is 77.3 Å². The Morgan fingerprint density at radius 2 is 1.69 bits per heavy atom. The highest BCUT2D eigenvalue weighted by molar-refractivity contribution is 6.05. The highest BCUT2D eigenvalue weighted by Gasteiger charge is 2.38. The lowest BCUT2D eigenvalue weighted by atomic mass is 9.97. The third kappa shape index (κ3) is 10.1. The van der Waals surface area contributed by atoms with Crippen molar-refractivity contribution in [1.82, 2.24) is 20.3 Å². The minimum absolute atomic E-state index is 0.0235. The molecule has 212 valence electrons. The number of carboxylic acids is 1. The SMILES string of the molecule is CCCN1CCN(c2ccc(C(=O)N(NCC(C)(C)C)c3ccnc(C#N)n3)cc2)CC1.O=C(O)C(F)(F)F. The number of rotatable bonds is 7. The van der Waals surface area contributed by atoms with E-state index in [1.165, 1.54) is 17.6 Å². The summed E-state index contributed by atoms with van der Waals surface area (Å²) in [5.74, 6) is -2.61. The fourth-order valence-corrected chi connectivity index (χ4v) is 3.59. The highest BCUT2D eigenvalue weighted by atomic mass is 19.4. The van der Waals surface area contributed by atoms with Crippen LogP contribution in [-0.2, 0) is 4.79 Å². The third-order valence-electron chi connectivity index (χ3n) is 5.57. The van der Waals surface area contributed by atoms with Gasteiger partial charge in [-0.15, -0.1) is 0 Å². The molecule has 1 aromatic carbocycles. The Morgan fingerprint density at radius 1 is 1.10 bits per heavy atom. The molecule has 1 aliphatic heterocycles. The molecule has 10 nitrogen and oxygen atoms in total. The number of anilines is 2. The lowest BCUT2D eigenvalue weighted by molar-refractivity contribution is -0.192. The number of hydrogen-bond donors (Lipinski definition) is 2. The van der Waals surface area contributed by atoms with Gasteiger partial charge in [0, 0.05) is 56.2 Å². The number of nitrogens with zero attached hydrogens (tertiary/aromatic N) is 6. The molecule has 13 heteroatoms. The molecule has 2 heterocycles. The number of halogens is 3. The summed E-state index contributed by atoms with van der Waals surface area (Å²) in [5, 5.41) is 17.7. The Bertz CT molecular complexity index is 1140. The fourth-order valence-electron chi connectivity index (χ4n) is 3.59. The van der Waals surface area contributed by atoms with Gasteiger partial charge in [-0.1, -0.05) is 27.7 Å². The first-order valence-corrected chi connectivity index (χ1v) is 12.4. The second-order valence-electron chi connectivity index (χ2n) is 10.1. The van der Waals surface area contributed by atoms with Crippen molar-refractivity contribution in [3.8, 4) is 6.07 Å². The van der Waals surface area contributed by atoms with Crippen LogP contribution < -0.4 is 15.3 Å². The first kappa shape index (κ1) is 31.5. The monoisotopic (exact) mass is 549 g/mol. The Hall–Kier alpha value is -3.76. The Kier molecular flexibility index (Phi) is 11.2. The zero-order chi connectivity index (χ0) is 29.2. The number of amides is 1. The summed E-state index contributed by atoms with van der Waals surface area (Å²) in [6.45, 7) is 14.3. The second kappa shape index (κ2) is 13.9. The van der Waals surface area contributed by atoms with E-state index in [9.17, 15) is 18.0 Å². The van der Waals surface area contributed by atoms with E-state index in [0.29, 0.717) is 17.9 Å². The predicted molar refractivity (Wildman–Crippen MR) is 140 cm³/mol. The molecule has 0 aliphatic carbocycles. The average molecular weight is 550 g/mol. The smallest absolute Gasteiger partial charge is 0.475 e. The van der Waals surface area contributed by atoms with Crippen LogP contribution in [0.2, 0.25) is 0 Å². The molecule has 2 aromatic rings. The summed E-state index contributed by atoms with van der Waals surface area (Å²) in [6, 6.07) is 11.3. The molecule has 0 bridgehead atoms. The topological polar surface area (TPSA) is 126 Å². The van der Waals surface area contributed by atoms with Crippen molar-refractivity contribution < 1.29 is 27.9 Å². The molecule has 1 saturated heterocycles. The number of nitrogens with one attached hydrogen (secondary N) is 1. The van der Waals surface area contributed by atoms with Gasteiger partial charge < -0.3 is 10.0 Å². The Morgan fingerprint density at radius 3 is 2.18 bits per heavy atom. The molecule has 3 rings (SSSR count). The van der Waals surface area contributed by atoms with Gasteiger partial charge in [-0.3, -0.25) is 9.69 Å². The number of aliphatic carboxylic acids is 1. The van der Waals surface area contributed by atoms with Crippen molar-refractivity contribution in [1.29, 1.82) is 5.26 Å². The third-order valence-corrected chi connectivity index (χ3v) is 5.57. The number of nitriles is 1. The molecular weight excluding hydrogens is 515 g/mol. The summed E-state index contributed by atoms with van der Waals surface area (Å²) in [4.78, 5) is 35.2. The van der Waals surface area contributed by atoms with Gasteiger partial charge in [-0.25, -0.2) is 20.2 Å². The van der Waals surface area contributed by atoms with Crippen molar-refractivity contribution in [3.05, 3.63) is 47.9 Å². The summed E-state index contributed by atoms with van der Waals surface area (Å²) in [7, 11) is 0. The normalized spacial score (nSPS) is 14.2. The maximum atomic E-state index is 13.4. The van der Waals surface area contributed by atoms with Gasteiger partial charge in [0.1, 0.15) is 6.07 Å². The summed E-state index contributed by atoms with van der Waals surface area (Å²) >= 11 is 0. The van der Waals surface area contributed by atoms with Gasteiger partial charge in [0.15, 0.2) is 5.82 Å². The zero-order valence-corrected chi connectivity index (χ0v) is 22.5. The van der Waals surface area contributed by atoms with Gasteiger partial charge in [-0.05, 0) is 42.6 Å². The van der Waals surface area contributed by atoms with Crippen LogP contribution in [0.1, 0.15) is 50.3 Å². The summed E-state index contributed by atoms with van der Waals surface area (Å²) in [5.41, 5.74) is 4.82. The quantitative estimate of drug-likeness (QED) is 0.497. The van der Waals surface area contributed by atoms with Crippen LogP contribution in [0.5, 0.6) is 0 Å². The van der Waals surface area contributed by atoms with Crippen molar-refractivity contribution in [2.45, 2.75) is 40.3 Å². The maximum absolute atomic E-state index is 13.4. The average Bonchev–Trinajstić information content (AvgIpc) is 2.89. The molecule has 0 spiro atoms. The van der Waals surface area contributed by atoms with Crippen LogP contribution in [0.4, 0.5) is 24.7 Å². The number of hydrogen-bond acceptors (Lipinski definition) is 8. The number of benzene rings is 1. The van der Waals surface area contributed by atoms with E-state index < -0.39 is 12.1 Å². The number of piperazine rings is 1. The number of aromatic nitrogens is 2. The van der Waals surface area contributed by atoms with Crippen LogP contribution in [0, 0.1) is 16.7 Å². The predicted octanol–water partition coefficient (Wildman–Crippen LogP) is 3.71. The van der Waals surface area contributed by atoms with E-state index in [-0.39, 0.29) is 17.1 Å². The molecule has 2 N–H and O–H groups in total. The van der Waals surface area contributed by atoms with Gasteiger partial charge in [0.05, 0.1) is 0 Å². The standard InChI is InChI=1S/C24H33N7O.C2HF3O2/c1-5-12-29-13-15-30(16-14-29)20-8-6-19(7-9-20)23(32)31(27-18-24(2,3)4)22-10-11-26-21(17-25)28-22;3-2(4,5)1(6)7/h6-11,27H,5,12-16,18H2,1-4H3;(H,6,7). The molecule has 1 aliphatic rings. The van der Waals surface area contributed by atoms with Crippen LogP contribution in [0.3, 0.4) is 0 Å². The molecule has 0 atom stereocenters. The maximum Gasteiger partial charge on any atom is 0.490 e. The van der Waals surface area contributed by atoms with E-state index in [1.54, 1.807) is 6.07 Å². The van der Waals surface area contributed by atoms with Crippen molar-refractivity contribution in [2.75, 3.05) is 49.2 Å². The van der Waals surface area contributed by atoms with E-state index in [1.807, 2.05) is 30.3 Å². The second-order valence-corrected chi connectivity index (χ2v) is 10.1. The van der Waals surface area contributed by atoms with Gasteiger partial charge in [0.25, 0.3) is 5.91 Å². The fraction of sp³-hybridized carbons (Fsp3) is 0.500.